The van der Waals surface area contributed by atoms with Crippen molar-refractivity contribution >= 4 is 31.3 Å². The minimum absolute atomic E-state index is 0.0972. The van der Waals surface area contributed by atoms with Gasteiger partial charge in [0.05, 0.1) is 13.2 Å². The second-order valence-corrected chi connectivity index (χ2v) is 10.8. The van der Waals surface area contributed by atoms with Crippen LogP contribution in [0.3, 0.4) is 0 Å². The fraction of sp³-hybridized carbons (Fsp3) is 1.00. The zero-order chi connectivity index (χ0) is 17.1. The summed E-state index contributed by atoms with van der Waals surface area (Å²) in [6, 6.07) is 0. The number of aliphatic hydroxyl groups is 2. The molecule has 0 aromatic carbocycles. The number of nitrogens with two attached hydrogens (primary N) is 2. The quantitative estimate of drug-likeness (QED) is 0.458. The van der Waals surface area contributed by atoms with E-state index in [0.717, 1.165) is 0 Å². The van der Waals surface area contributed by atoms with E-state index in [0.29, 0.717) is 13.1 Å². The summed E-state index contributed by atoms with van der Waals surface area (Å²) in [7, 11) is -17.7. The van der Waals surface area contributed by atoms with Crippen LogP contribution in [-0.2, 0) is 44.1 Å². The number of hydrogen-bond acceptors (Lipinski definition) is 14. The van der Waals surface area contributed by atoms with Gasteiger partial charge in [-0.3, -0.25) is 0 Å². The molecule has 4 bridgehead atoms. The molecule has 0 aromatic rings. The van der Waals surface area contributed by atoms with Crippen LogP contribution in [-0.4, -0.2) is 36.5 Å². The lowest BCUT2D eigenvalue weighted by Crippen LogP contribution is -2.19. The molecule has 4 rings (SSSR count). The molecular weight excluding hydrogens is 392 g/mol. The molecule has 4 heterocycles. The van der Waals surface area contributed by atoms with Gasteiger partial charge in [0.25, 0.3) is 0 Å². The first-order chi connectivity index (χ1) is 10.1. The third-order valence-electron chi connectivity index (χ3n) is 1.46. The van der Waals surface area contributed by atoms with Crippen LogP contribution in [0, 0.1) is 0 Å². The van der Waals surface area contributed by atoms with E-state index in [-0.39, 0.29) is 13.2 Å². The van der Waals surface area contributed by atoms with Gasteiger partial charge >= 0.3 is 31.3 Å². The van der Waals surface area contributed by atoms with Gasteiger partial charge in [0, 0.05) is 13.1 Å². The van der Waals surface area contributed by atoms with Gasteiger partial charge in [0.15, 0.2) is 0 Å². The molecule has 0 unspecified atom stereocenters. The Kier molecular flexibility index (Phi) is 7.11. The highest BCUT2D eigenvalue weighted by molar-refractivity contribution is 7.88. The van der Waals surface area contributed by atoms with Gasteiger partial charge < -0.3 is 21.7 Å². The van der Waals surface area contributed by atoms with E-state index in [1.807, 2.05) is 0 Å². The van der Waals surface area contributed by atoms with Gasteiger partial charge in [-0.1, -0.05) is 0 Å². The Morgan fingerprint density at radius 2 is 0.727 bits per heavy atom. The average molecular weight is 406 g/mol. The Morgan fingerprint density at radius 3 is 0.818 bits per heavy atom. The molecule has 0 amide bonds. The molecule has 4 aliphatic rings. The Morgan fingerprint density at radius 1 is 0.591 bits per heavy atom. The van der Waals surface area contributed by atoms with Gasteiger partial charge in [0.2, 0.25) is 0 Å². The van der Waals surface area contributed by atoms with Crippen molar-refractivity contribution in [2.75, 3.05) is 26.3 Å². The minimum atomic E-state index is -4.43. The highest BCUT2D eigenvalue weighted by Crippen LogP contribution is 2.99. The maximum atomic E-state index is 11.3. The molecule has 14 nitrogen and oxygen atoms in total. The van der Waals surface area contributed by atoms with E-state index in [2.05, 4.69) is 25.9 Å². The maximum Gasteiger partial charge on any atom is 0.501 e. The molecule has 0 atom stereocenters. The lowest BCUT2D eigenvalue weighted by molar-refractivity contribution is 0.0909. The van der Waals surface area contributed by atoms with E-state index >= 15 is 0 Å². The third kappa shape index (κ3) is 5.27. The number of hydrogen-bond donors (Lipinski definition) is 4. The largest absolute Gasteiger partial charge is 0.501 e. The standard InChI is InChI=1S/2C2H7NO.O10P4/c2*3-1-2-4;1-11-5-12(2)8-13(3,6-11)10-14(4,7-11)9-12/h2*4H,1-3H2;. The smallest absolute Gasteiger partial charge is 0.395 e. The summed E-state index contributed by atoms with van der Waals surface area (Å²) in [5.74, 6) is 0. The maximum absolute atomic E-state index is 11.3. The molecule has 22 heavy (non-hydrogen) atoms. The zero-order valence-corrected chi connectivity index (χ0v) is 14.3. The van der Waals surface area contributed by atoms with Crippen LogP contribution in [0.15, 0.2) is 0 Å². The summed E-state index contributed by atoms with van der Waals surface area (Å²) in [4.78, 5) is 0. The monoisotopic (exact) mass is 406 g/mol. The van der Waals surface area contributed by atoms with Crippen molar-refractivity contribution in [1.29, 1.82) is 0 Å². The van der Waals surface area contributed by atoms with Gasteiger partial charge in [0.1, 0.15) is 0 Å². The summed E-state index contributed by atoms with van der Waals surface area (Å²) >= 11 is 0. The van der Waals surface area contributed by atoms with E-state index in [4.69, 9.17) is 21.7 Å². The molecule has 6 N–H and O–H groups in total. The summed E-state index contributed by atoms with van der Waals surface area (Å²) in [6.45, 7) is 0.944. The molecule has 4 fully saturated rings. The number of aliphatic hydroxyl groups excluding tert-OH is 2. The van der Waals surface area contributed by atoms with Crippen molar-refractivity contribution in [3.63, 3.8) is 0 Å². The van der Waals surface area contributed by atoms with Gasteiger partial charge in [-0.25, -0.2) is 18.3 Å². The van der Waals surface area contributed by atoms with Crippen LogP contribution in [0.25, 0.3) is 0 Å². The fourth-order valence-electron chi connectivity index (χ4n) is 0.914. The second kappa shape index (κ2) is 7.60. The normalized spacial score (nSPS) is 44.5. The third-order valence-corrected chi connectivity index (χ3v) is 11.1. The summed E-state index contributed by atoms with van der Waals surface area (Å²) in [5, 5.41) is 15.5. The first kappa shape index (κ1) is 20.6. The topological polar surface area (TPSA) is 216 Å². The molecular formula is C4H14N2O12P4. The molecule has 0 saturated carbocycles. The fourth-order valence-corrected chi connectivity index (χ4v) is 11.4. The lowest BCUT2D eigenvalue weighted by atomic mass is 10.8. The van der Waals surface area contributed by atoms with Crippen molar-refractivity contribution in [2.24, 2.45) is 11.5 Å². The van der Waals surface area contributed by atoms with E-state index in [9.17, 15) is 18.3 Å². The van der Waals surface area contributed by atoms with Crippen molar-refractivity contribution in [3.05, 3.63) is 0 Å². The zero-order valence-electron chi connectivity index (χ0n) is 10.7. The van der Waals surface area contributed by atoms with Crippen LogP contribution in [0.4, 0.5) is 0 Å². The molecule has 132 valence electrons. The van der Waals surface area contributed by atoms with Gasteiger partial charge in [-0.05, 0) is 0 Å². The summed E-state index contributed by atoms with van der Waals surface area (Å²) < 4.78 is 69.9. The predicted octanol–water partition coefficient (Wildman–Crippen LogP) is 0.434. The molecule has 4 saturated heterocycles. The predicted molar refractivity (Wildman–Crippen MR) is 69.2 cm³/mol. The minimum Gasteiger partial charge on any atom is -0.395 e. The van der Waals surface area contributed by atoms with Crippen LogP contribution in [0.1, 0.15) is 0 Å². The molecule has 0 spiro atoms. The average Bonchev–Trinajstić information content (AvgIpc) is 2.32. The number of phosphoric acid groups is 4. The second-order valence-electron chi connectivity index (χ2n) is 3.30. The SMILES string of the molecule is NCCO.NCCO.O=P12OP3(=O)OP(=O)(O1)OP(=O)(O2)O3. The molecule has 0 aromatic heterocycles. The van der Waals surface area contributed by atoms with Crippen molar-refractivity contribution in [1.82, 2.24) is 0 Å². The lowest BCUT2D eigenvalue weighted by Gasteiger charge is -2.41. The highest BCUT2D eigenvalue weighted by atomic mass is 31.4. The van der Waals surface area contributed by atoms with Crippen LogP contribution >= 0.6 is 31.3 Å². The molecule has 0 aliphatic carbocycles. The van der Waals surface area contributed by atoms with Crippen molar-refractivity contribution in [3.8, 4) is 0 Å². The van der Waals surface area contributed by atoms with Crippen molar-refractivity contribution < 1.29 is 54.3 Å². The van der Waals surface area contributed by atoms with Gasteiger partial charge in [-0.15, -0.1) is 0 Å². The molecule has 18 heteroatoms. The van der Waals surface area contributed by atoms with E-state index < -0.39 is 31.3 Å². The Bertz CT molecular complexity index is 417. The van der Waals surface area contributed by atoms with Crippen LogP contribution < -0.4 is 11.5 Å². The first-order valence-electron chi connectivity index (χ1n) is 5.37. The first-order valence-corrected chi connectivity index (χ1v) is 11.2. The Labute approximate surface area is 124 Å². The highest BCUT2D eigenvalue weighted by Gasteiger charge is 2.74. The molecule has 0 radical (unpaired) electrons. The summed E-state index contributed by atoms with van der Waals surface area (Å²) in [6.07, 6.45) is 0. The Hall–Kier alpha value is 0.520. The van der Waals surface area contributed by atoms with E-state index in [1.54, 1.807) is 0 Å². The van der Waals surface area contributed by atoms with Crippen LogP contribution in [0.2, 0.25) is 0 Å². The van der Waals surface area contributed by atoms with Crippen molar-refractivity contribution in [2.45, 2.75) is 0 Å². The Balaban J connectivity index is 0.000000257. The number of rotatable bonds is 2. The summed E-state index contributed by atoms with van der Waals surface area (Å²) in [5.41, 5.74) is 9.56. The van der Waals surface area contributed by atoms with Crippen LogP contribution in [0.5, 0.6) is 0 Å². The van der Waals surface area contributed by atoms with Gasteiger partial charge in [-0.2, -0.15) is 25.9 Å². The molecule has 4 aliphatic heterocycles. The van der Waals surface area contributed by atoms with E-state index in [1.165, 1.54) is 0 Å².